The van der Waals surface area contributed by atoms with Crippen molar-refractivity contribution in [2.45, 2.75) is 58.4 Å². The van der Waals surface area contributed by atoms with Crippen molar-refractivity contribution in [2.75, 3.05) is 0 Å². The molecule has 0 bridgehead atoms. The molecule has 3 nitrogen and oxygen atoms in total. The third-order valence-electron chi connectivity index (χ3n) is 5.06. The molecule has 0 aromatic carbocycles. The van der Waals surface area contributed by atoms with E-state index >= 15 is 0 Å². The van der Waals surface area contributed by atoms with E-state index in [0.717, 1.165) is 35.3 Å². The maximum absolute atomic E-state index is 6.75. The molecule has 0 aliphatic heterocycles. The van der Waals surface area contributed by atoms with Gasteiger partial charge in [-0.05, 0) is 40.6 Å². The largest absolute Gasteiger partial charge is 0.324 e. The molecule has 1 aliphatic carbocycles. The zero-order chi connectivity index (χ0) is 14.2. The molecule has 0 radical (unpaired) electrons. The summed E-state index contributed by atoms with van der Waals surface area (Å²) in [5.41, 5.74) is 9.05. The first-order chi connectivity index (χ1) is 8.89. The van der Waals surface area contributed by atoms with Crippen LogP contribution in [0, 0.1) is 11.8 Å². The van der Waals surface area contributed by atoms with Gasteiger partial charge in [0.25, 0.3) is 0 Å². The zero-order valence-corrected chi connectivity index (χ0v) is 14.1. The van der Waals surface area contributed by atoms with Gasteiger partial charge in [0.15, 0.2) is 0 Å². The molecular formula is C15H26BrN3. The van der Waals surface area contributed by atoms with Gasteiger partial charge in [0, 0.05) is 19.0 Å². The van der Waals surface area contributed by atoms with Gasteiger partial charge in [-0.1, -0.05) is 33.6 Å². The summed E-state index contributed by atoms with van der Waals surface area (Å²) in [6, 6.07) is 0. The molecule has 2 N–H and O–H groups in total. The normalized spacial score (nSPS) is 31.7. The topological polar surface area (TPSA) is 43.8 Å². The highest BCUT2D eigenvalue weighted by atomic mass is 79.9. The van der Waals surface area contributed by atoms with E-state index in [1.807, 2.05) is 11.7 Å². The second kappa shape index (κ2) is 5.57. The molecule has 1 aromatic heterocycles. The summed E-state index contributed by atoms with van der Waals surface area (Å²) in [6.45, 7) is 6.79. The Morgan fingerprint density at radius 3 is 2.74 bits per heavy atom. The minimum Gasteiger partial charge on any atom is -0.324 e. The number of rotatable bonds is 3. The van der Waals surface area contributed by atoms with Gasteiger partial charge in [-0.25, -0.2) is 0 Å². The summed E-state index contributed by atoms with van der Waals surface area (Å²) in [5, 5.41) is 4.58. The second-order valence-electron chi connectivity index (χ2n) is 6.25. The fourth-order valence-corrected chi connectivity index (χ4v) is 4.13. The van der Waals surface area contributed by atoms with E-state index in [1.165, 1.54) is 18.5 Å². The number of aromatic nitrogens is 2. The number of aryl methyl sites for hydroxylation is 2. The Bertz CT molecular complexity index is 454. The van der Waals surface area contributed by atoms with E-state index in [0.29, 0.717) is 5.92 Å². The van der Waals surface area contributed by atoms with Crippen LogP contribution >= 0.6 is 15.9 Å². The molecule has 19 heavy (non-hydrogen) atoms. The van der Waals surface area contributed by atoms with Crippen LogP contribution in [0.2, 0.25) is 0 Å². The van der Waals surface area contributed by atoms with Crippen molar-refractivity contribution in [2.24, 2.45) is 24.6 Å². The average molecular weight is 328 g/mol. The standard InChI is InChI=1S/C15H26BrN3/c1-5-12-14(16)13(19(4)18-12)9-15(17)8-6-7-10(2)11(15)3/h10-11H,5-9,17H2,1-4H3. The van der Waals surface area contributed by atoms with Gasteiger partial charge in [-0.2, -0.15) is 5.10 Å². The summed E-state index contributed by atoms with van der Waals surface area (Å²) in [5.74, 6) is 1.28. The summed E-state index contributed by atoms with van der Waals surface area (Å²) in [7, 11) is 2.03. The molecule has 1 fully saturated rings. The molecule has 2 rings (SSSR count). The number of halogens is 1. The first-order valence-electron chi connectivity index (χ1n) is 7.38. The third kappa shape index (κ3) is 2.75. The minimum absolute atomic E-state index is 0.0843. The average Bonchev–Trinajstić information content (AvgIpc) is 2.63. The van der Waals surface area contributed by atoms with Crippen molar-refractivity contribution >= 4 is 15.9 Å². The highest BCUT2D eigenvalue weighted by Crippen LogP contribution is 2.39. The van der Waals surface area contributed by atoms with Crippen LogP contribution in [0.4, 0.5) is 0 Å². The molecule has 1 saturated carbocycles. The Morgan fingerprint density at radius 2 is 2.16 bits per heavy atom. The highest BCUT2D eigenvalue weighted by molar-refractivity contribution is 9.10. The number of nitrogens with zero attached hydrogens (tertiary/aromatic N) is 2. The maximum atomic E-state index is 6.75. The van der Waals surface area contributed by atoms with E-state index in [4.69, 9.17) is 5.73 Å². The Hall–Kier alpha value is -0.350. The molecule has 3 unspecified atom stereocenters. The molecule has 1 heterocycles. The van der Waals surface area contributed by atoms with E-state index in [1.54, 1.807) is 0 Å². The molecule has 0 amide bonds. The predicted molar refractivity (Wildman–Crippen MR) is 83.1 cm³/mol. The van der Waals surface area contributed by atoms with Gasteiger partial charge in [-0.3, -0.25) is 4.68 Å². The van der Waals surface area contributed by atoms with Crippen LogP contribution in [0.15, 0.2) is 4.47 Å². The van der Waals surface area contributed by atoms with Gasteiger partial charge in [-0.15, -0.1) is 0 Å². The lowest BCUT2D eigenvalue weighted by Crippen LogP contribution is -2.52. The molecule has 4 heteroatoms. The number of nitrogens with two attached hydrogens (primary N) is 1. The van der Waals surface area contributed by atoms with Gasteiger partial charge < -0.3 is 5.73 Å². The summed E-state index contributed by atoms with van der Waals surface area (Å²) < 4.78 is 3.16. The summed E-state index contributed by atoms with van der Waals surface area (Å²) in [4.78, 5) is 0. The number of hydrogen-bond acceptors (Lipinski definition) is 2. The zero-order valence-electron chi connectivity index (χ0n) is 12.5. The van der Waals surface area contributed by atoms with E-state index in [9.17, 15) is 0 Å². The Balaban J connectivity index is 2.27. The SMILES string of the molecule is CCc1nn(C)c(CC2(N)CCCC(C)C2C)c1Br. The Labute approximate surface area is 125 Å². The van der Waals surface area contributed by atoms with Gasteiger partial charge in [0.05, 0.1) is 15.9 Å². The molecule has 108 valence electrons. The molecule has 3 atom stereocenters. The van der Waals surface area contributed by atoms with Crippen molar-refractivity contribution in [1.29, 1.82) is 0 Å². The van der Waals surface area contributed by atoms with Crippen LogP contribution in [-0.2, 0) is 19.9 Å². The Kier molecular flexibility index (Phi) is 4.41. The first kappa shape index (κ1) is 15.0. The molecular weight excluding hydrogens is 302 g/mol. The maximum Gasteiger partial charge on any atom is 0.0766 e. The quantitative estimate of drug-likeness (QED) is 0.924. The molecule has 0 saturated heterocycles. The van der Waals surface area contributed by atoms with Gasteiger partial charge in [0.2, 0.25) is 0 Å². The van der Waals surface area contributed by atoms with E-state index in [2.05, 4.69) is 41.8 Å². The Morgan fingerprint density at radius 1 is 1.47 bits per heavy atom. The predicted octanol–water partition coefficient (Wildman–Crippen LogP) is 3.44. The first-order valence-corrected chi connectivity index (χ1v) is 8.17. The second-order valence-corrected chi connectivity index (χ2v) is 7.05. The van der Waals surface area contributed by atoms with Crippen molar-refractivity contribution in [3.63, 3.8) is 0 Å². The minimum atomic E-state index is -0.0843. The molecule has 1 aliphatic rings. The van der Waals surface area contributed by atoms with Crippen LogP contribution < -0.4 is 5.73 Å². The van der Waals surface area contributed by atoms with Crippen LogP contribution in [0.1, 0.15) is 51.4 Å². The van der Waals surface area contributed by atoms with Crippen LogP contribution in [0.3, 0.4) is 0 Å². The lowest BCUT2D eigenvalue weighted by molar-refractivity contribution is 0.141. The molecule has 1 aromatic rings. The van der Waals surface area contributed by atoms with Gasteiger partial charge >= 0.3 is 0 Å². The fourth-order valence-electron chi connectivity index (χ4n) is 3.37. The smallest absolute Gasteiger partial charge is 0.0766 e. The van der Waals surface area contributed by atoms with Crippen molar-refractivity contribution < 1.29 is 0 Å². The monoisotopic (exact) mass is 327 g/mol. The van der Waals surface area contributed by atoms with Gasteiger partial charge in [0.1, 0.15) is 0 Å². The highest BCUT2D eigenvalue weighted by Gasteiger charge is 2.39. The van der Waals surface area contributed by atoms with Crippen LogP contribution in [0.5, 0.6) is 0 Å². The fraction of sp³-hybridized carbons (Fsp3) is 0.800. The van der Waals surface area contributed by atoms with Crippen molar-refractivity contribution in [1.82, 2.24) is 9.78 Å². The molecule has 0 spiro atoms. The summed E-state index contributed by atoms with van der Waals surface area (Å²) >= 11 is 3.71. The lowest BCUT2D eigenvalue weighted by atomic mass is 9.67. The van der Waals surface area contributed by atoms with Crippen LogP contribution in [-0.4, -0.2) is 15.3 Å². The number of hydrogen-bond donors (Lipinski definition) is 1. The van der Waals surface area contributed by atoms with E-state index in [-0.39, 0.29) is 5.54 Å². The third-order valence-corrected chi connectivity index (χ3v) is 5.98. The van der Waals surface area contributed by atoms with Crippen molar-refractivity contribution in [3.05, 3.63) is 15.9 Å². The summed E-state index contributed by atoms with van der Waals surface area (Å²) in [6.07, 6.45) is 5.56. The lowest BCUT2D eigenvalue weighted by Gasteiger charge is -2.43. The van der Waals surface area contributed by atoms with E-state index < -0.39 is 0 Å². The van der Waals surface area contributed by atoms with Crippen molar-refractivity contribution in [3.8, 4) is 0 Å². The van der Waals surface area contributed by atoms with Crippen LogP contribution in [0.25, 0.3) is 0 Å².